The van der Waals surface area contributed by atoms with Crippen LogP contribution in [0.1, 0.15) is 47.2 Å². The summed E-state index contributed by atoms with van der Waals surface area (Å²) in [5.74, 6) is 0. The van der Waals surface area contributed by atoms with E-state index in [1.165, 1.54) is 116 Å². The number of fused-ring (bicyclic) bond motifs is 22. The first kappa shape index (κ1) is 32.9. The number of rotatable bonds is 1. The predicted octanol–water partition coefficient (Wildman–Crippen LogP) is 11.5. The van der Waals surface area contributed by atoms with E-state index in [0.29, 0.717) is 0 Å². The number of nitrogens with zero attached hydrogens (tertiary/aromatic N) is 1. The highest BCUT2D eigenvalue weighted by Gasteiger charge is 2.56. The van der Waals surface area contributed by atoms with Crippen molar-refractivity contribution >= 4 is 45.9 Å². The van der Waals surface area contributed by atoms with Crippen LogP contribution in [0.2, 0.25) is 0 Å². The molecule has 280 valence electrons. The monoisotopic (exact) mass is 777 g/mol. The summed E-state index contributed by atoms with van der Waals surface area (Å²) in [5.41, 5.74) is 22.4. The van der Waals surface area contributed by atoms with E-state index in [2.05, 4.69) is 219 Å². The Hall–Kier alpha value is -7.00. The van der Waals surface area contributed by atoms with Crippen LogP contribution in [0.3, 0.4) is 0 Å². The quantitative estimate of drug-likeness (QED) is 0.150. The molecule has 0 bridgehead atoms. The van der Waals surface area contributed by atoms with Crippen LogP contribution < -0.4 is 25.6 Å². The van der Waals surface area contributed by atoms with Gasteiger partial charge in [-0.15, -0.1) is 0 Å². The highest BCUT2D eigenvalue weighted by Crippen LogP contribution is 2.63. The van der Waals surface area contributed by atoms with E-state index in [1.54, 1.807) is 0 Å². The lowest BCUT2D eigenvalue weighted by Gasteiger charge is -2.45. The van der Waals surface area contributed by atoms with Gasteiger partial charge >= 0.3 is 0 Å². The highest BCUT2D eigenvalue weighted by atomic mass is 28.3. The number of para-hydroxylation sites is 2. The van der Waals surface area contributed by atoms with Gasteiger partial charge in [0.05, 0.1) is 16.8 Å². The van der Waals surface area contributed by atoms with E-state index < -0.39 is 13.5 Å². The van der Waals surface area contributed by atoms with E-state index in [1.807, 2.05) is 0 Å². The first-order chi connectivity index (χ1) is 29.5. The maximum absolute atomic E-state index is 2.79. The van der Waals surface area contributed by atoms with Crippen molar-refractivity contribution < 1.29 is 0 Å². The third-order valence-corrected chi connectivity index (χ3v) is 20.0. The summed E-state index contributed by atoms with van der Waals surface area (Å²) < 4.78 is 0. The molecule has 2 aliphatic carbocycles. The Morgan fingerprint density at radius 3 is 1.33 bits per heavy atom. The standard InChI is InChI=1S/C58H39NSi/c1-57(2)45-22-8-3-19-39(45)43-35-56-44(34-50(43)57)42-32-31-36(33-55(42)60(56)53-29-15-6-20-40(53)41-21-7-16-30-54(41)60)59-51-27-13-11-25-48(51)58(49-26-12-14-28-52(49)59)46-23-9-4-17-37(46)38-18-5-10-24-47(38)58/h3-35H,1-2H3. The molecular weight excluding hydrogens is 739 g/mol. The molecule has 0 amide bonds. The van der Waals surface area contributed by atoms with E-state index in [9.17, 15) is 0 Å². The molecule has 3 heterocycles. The van der Waals surface area contributed by atoms with Crippen molar-refractivity contribution in [2.24, 2.45) is 0 Å². The zero-order chi connectivity index (χ0) is 39.5. The van der Waals surface area contributed by atoms with Crippen LogP contribution in [-0.4, -0.2) is 8.07 Å². The average Bonchev–Trinajstić information content (AvgIpc) is 3.95. The molecule has 0 fully saturated rings. The van der Waals surface area contributed by atoms with Crippen molar-refractivity contribution in [3.05, 3.63) is 234 Å². The second-order valence-electron chi connectivity index (χ2n) is 17.9. The van der Waals surface area contributed by atoms with Gasteiger partial charge in [-0.1, -0.05) is 184 Å². The topological polar surface area (TPSA) is 3.24 Å². The Balaban J connectivity index is 1.07. The van der Waals surface area contributed by atoms with Gasteiger partial charge in [-0.2, -0.15) is 0 Å². The Morgan fingerprint density at radius 2 is 0.750 bits per heavy atom. The number of hydrogen-bond acceptors (Lipinski definition) is 1. The zero-order valence-electron chi connectivity index (χ0n) is 33.5. The molecule has 60 heavy (non-hydrogen) atoms. The molecule has 0 saturated heterocycles. The highest BCUT2D eigenvalue weighted by molar-refractivity contribution is 7.24. The fourth-order valence-electron chi connectivity index (χ4n) is 12.8. The minimum absolute atomic E-state index is 0.0848. The van der Waals surface area contributed by atoms with Gasteiger partial charge in [0.1, 0.15) is 0 Å². The fraction of sp³-hybridized carbons (Fsp3) is 0.0690. The maximum Gasteiger partial charge on any atom is 0.182 e. The summed E-state index contributed by atoms with van der Waals surface area (Å²) in [6, 6.07) is 77.2. The van der Waals surface area contributed by atoms with Gasteiger partial charge < -0.3 is 4.90 Å². The Morgan fingerprint density at radius 1 is 0.317 bits per heavy atom. The molecule has 0 unspecified atom stereocenters. The van der Waals surface area contributed by atoms with Crippen LogP contribution >= 0.6 is 0 Å². The normalized spacial score (nSPS) is 16.2. The number of benzene rings is 9. The lowest BCUT2D eigenvalue weighted by molar-refractivity contribution is 0.661. The van der Waals surface area contributed by atoms with Crippen LogP contribution in [0.25, 0.3) is 44.5 Å². The van der Waals surface area contributed by atoms with Gasteiger partial charge in [0.15, 0.2) is 8.07 Å². The SMILES string of the molecule is CC1(C)c2ccccc2-c2cc3c(cc21)-c1ccc(N2c4ccccc4C4(c5ccccc5-c5ccccc54)c4ccccc42)cc1[Si]31c2ccccc2-c2ccccc21. The molecule has 0 aromatic heterocycles. The first-order valence-corrected chi connectivity index (χ1v) is 23.4. The maximum atomic E-state index is 2.65. The van der Waals surface area contributed by atoms with Crippen molar-refractivity contribution in [1.82, 2.24) is 0 Å². The third-order valence-electron chi connectivity index (χ3n) is 15.1. The van der Waals surface area contributed by atoms with Crippen LogP contribution in [0, 0.1) is 0 Å². The van der Waals surface area contributed by atoms with Gasteiger partial charge in [-0.05, 0) is 129 Å². The Bertz CT molecular complexity index is 3250. The minimum atomic E-state index is -2.79. The molecule has 0 atom stereocenters. The average molecular weight is 778 g/mol. The van der Waals surface area contributed by atoms with E-state index in [-0.39, 0.29) is 5.41 Å². The molecular formula is C58H39NSi. The van der Waals surface area contributed by atoms with Gasteiger partial charge in [0.2, 0.25) is 0 Å². The number of anilines is 3. The summed E-state index contributed by atoms with van der Waals surface area (Å²) in [4.78, 5) is 2.58. The second-order valence-corrected chi connectivity index (χ2v) is 21.6. The molecule has 9 aromatic carbocycles. The van der Waals surface area contributed by atoms with Crippen LogP contribution in [0.4, 0.5) is 17.1 Å². The smallest absolute Gasteiger partial charge is 0.182 e. The molecule has 0 saturated carbocycles. The van der Waals surface area contributed by atoms with Gasteiger partial charge in [-0.3, -0.25) is 0 Å². The minimum Gasteiger partial charge on any atom is -0.310 e. The summed E-state index contributed by atoms with van der Waals surface area (Å²) in [7, 11) is -2.79. The van der Waals surface area contributed by atoms with E-state index in [0.717, 1.165) is 0 Å². The molecule has 2 spiro atoms. The molecule has 0 radical (unpaired) electrons. The Labute approximate surface area is 351 Å². The van der Waals surface area contributed by atoms with E-state index in [4.69, 9.17) is 0 Å². The third kappa shape index (κ3) is 3.65. The van der Waals surface area contributed by atoms with Gasteiger partial charge in [0, 0.05) is 11.1 Å². The Kier molecular flexibility index (Phi) is 6.13. The van der Waals surface area contributed by atoms with Crippen LogP contribution in [0.15, 0.2) is 200 Å². The first-order valence-electron chi connectivity index (χ1n) is 21.4. The largest absolute Gasteiger partial charge is 0.310 e. The van der Waals surface area contributed by atoms with E-state index >= 15 is 0 Å². The van der Waals surface area contributed by atoms with Crippen molar-refractivity contribution in [2.75, 3.05) is 4.90 Å². The zero-order valence-corrected chi connectivity index (χ0v) is 34.5. The van der Waals surface area contributed by atoms with Gasteiger partial charge in [0.25, 0.3) is 0 Å². The molecule has 1 nitrogen and oxygen atoms in total. The van der Waals surface area contributed by atoms with Crippen LogP contribution in [0.5, 0.6) is 0 Å². The molecule has 5 aliphatic rings. The lowest BCUT2D eigenvalue weighted by Crippen LogP contribution is -2.70. The number of hydrogen-bond donors (Lipinski definition) is 0. The van der Waals surface area contributed by atoms with Crippen molar-refractivity contribution in [1.29, 1.82) is 0 Å². The fourth-order valence-corrected chi connectivity index (χ4v) is 18.4. The van der Waals surface area contributed by atoms with Crippen molar-refractivity contribution in [3.63, 3.8) is 0 Å². The molecule has 0 N–H and O–H groups in total. The summed E-state index contributed by atoms with van der Waals surface area (Å²) >= 11 is 0. The van der Waals surface area contributed by atoms with Crippen LogP contribution in [-0.2, 0) is 10.8 Å². The molecule has 9 aromatic rings. The summed E-state index contributed by atoms with van der Waals surface area (Å²) in [6.07, 6.45) is 0. The van der Waals surface area contributed by atoms with Crippen molar-refractivity contribution in [3.8, 4) is 44.5 Å². The summed E-state index contributed by atoms with van der Waals surface area (Å²) in [6.45, 7) is 4.82. The van der Waals surface area contributed by atoms with Crippen molar-refractivity contribution in [2.45, 2.75) is 24.7 Å². The second kappa shape index (κ2) is 11.2. The molecule has 3 aliphatic heterocycles. The predicted molar refractivity (Wildman–Crippen MR) is 251 cm³/mol. The molecule has 14 rings (SSSR count). The molecule has 2 heteroatoms. The van der Waals surface area contributed by atoms with Gasteiger partial charge in [-0.25, -0.2) is 0 Å². The summed E-state index contributed by atoms with van der Waals surface area (Å²) in [5, 5.41) is 6.03. The lowest BCUT2D eigenvalue weighted by atomic mass is 9.64.